The van der Waals surface area contributed by atoms with Crippen molar-refractivity contribution in [3.8, 4) is 5.82 Å². The molecule has 30 heavy (non-hydrogen) atoms. The number of ketones is 1. The number of nitrogens with one attached hydrogen (secondary N) is 1. The zero-order chi connectivity index (χ0) is 22.0. The highest BCUT2D eigenvalue weighted by molar-refractivity contribution is 9.10. The molecule has 2 heterocycles. The van der Waals surface area contributed by atoms with Gasteiger partial charge in [0.05, 0.1) is 5.02 Å². The van der Waals surface area contributed by atoms with Crippen LogP contribution in [0.2, 0.25) is 10.0 Å². The summed E-state index contributed by atoms with van der Waals surface area (Å²) < 4.78 is 1.87. The number of hydrogen-bond acceptors (Lipinski definition) is 4. The lowest BCUT2D eigenvalue weighted by Crippen LogP contribution is -2.31. The molecule has 1 aromatic carbocycles. The molecule has 1 amide bonds. The van der Waals surface area contributed by atoms with Gasteiger partial charge in [0, 0.05) is 35.3 Å². The number of hydrogen-bond donors (Lipinski definition) is 1. The van der Waals surface area contributed by atoms with Crippen LogP contribution in [0.25, 0.3) is 5.82 Å². The summed E-state index contributed by atoms with van der Waals surface area (Å²) in [7, 11) is 0. The van der Waals surface area contributed by atoms with Crippen LogP contribution in [0.5, 0.6) is 0 Å². The van der Waals surface area contributed by atoms with Crippen molar-refractivity contribution in [3.05, 3.63) is 73.6 Å². The van der Waals surface area contributed by atoms with Gasteiger partial charge < -0.3 is 5.32 Å². The number of pyridine rings is 1. The van der Waals surface area contributed by atoms with E-state index in [-0.39, 0.29) is 24.2 Å². The smallest absolute Gasteiger partial charge is 0.251 e. The third kappa shape index (κ3) is 4.91. The Morgan fingerprint density at radius 3 is 2.63 bits per heavy atom. The van der Waals surface area contributed by atoms with E-state index in [4.69, 9.17) is 23.2 Å². The largest absolute Gasteiger partial charge is 0.350 e. The fraction of sp³-hybridized carbons (Fsp3) is 0.238. The van der Waals surface area contributed by atoms with Crippen LogP contribution >= 0.6 is 39.1 Å². The van der Waals surface area contributed by atoms with E-state index in [0.29, 0.717) is 37.3 Å². The lowest BCUT2D eigenvalue weighted by molar-refractivity contribution is 0.0942. The highest BCUT2D eigenvalue weighted by atomic mass is 79.9. The van der Waals surface area contributed by atoms with E-state index in [0.717, 1.165) is 5.56 Å². The summed E-state index contributed by atoms with van der Waals surface area (Å²) in [6.45, 7) is 5.56. The van der Waals surface area contributed by atoms with E-state index in [1.54, 1.807) is 36.5 Å². The molecule has 1 N–H and O–H groups in total. The summed E-state index contributed by atoms with van der Waals surface area (Å²) in [5, 5.41) is 7.96. The molecule has 6 nitrogen and oxygen atoms in total. The second kappa shape index (κ2) is 9.29. The van der Waals surface area contributed by atoms with Gasteiger partial charge in [0.2, 0.25) is 0 Å². The van der Waals surface area contributed by atoms with Crippen molar-refractivity contribution in [1.29, 1.82) is 0 Å². The summed E-state index contributed by atoms with van der Waals surface area (Å²) in [4.78, 5) is 30.2. The number of nitrogens with zero attached hydrogens (tertiary/aromatic N) is 3. The van der Waals surface area contributed by atoms with Crippen LogP contribution in [0.15, 0.2) is 41.1 Å². The maximum Gasteiger partial charge on any atom is 0.251 e. The molecule has 0 saturated carbocycles. The predicted octanol–water partition coefficient (Wildman–Crippen LogP) is 5.21. The minimum atomic E-state index is -0.277. The summed E-state index contributed by atoms with van der Waals surface area (Å²) in [5.74, 6) is -0.168. The Bertz CT molecular complexity index is 1130. The van der Waals surface area contributed by atoms with Crippen LogP contribution in [0.3, 0.4) is 0 Å². The highest BCUT2D eigenvalue weighted by Gasteiger charge is 2.23. The van der Waals surface area contributed by atoms with Gasteiger partial charge in [-0.05, 0) is 72.1 Å². The molecular weight excluding hydrogens is 491 g/mol. The molecule has 0 fully saturated rings. The molecule has 0 atom stereocenters. The van der Waals surface area contributed by atoms with E-state index in [9.17, 15) is 9.59 Å². The second-order valence-corrected chi connectivity index (χ2v) is 8.71. The number of aryl methyl sites for hydroxylation is 1. The van der Waals surface area contributed by atoms with Gasteiger partial charge in [-0.15, -0.1) is 0 Å². The Morgan fingerprint density at radius 1 is 1.23 bits per heavy atom. The van der Waals surface area contributed by atoms with Gasteiger partial charge in [-0.3, -0.25) is 9.59 Å². The first-order valence-electron chi connectivity index (χ1n) is 9.17. The Labute approximate surface area is 192 Å². The first-order chi connectivity index (χ1) is 14.2. The first kappa shape index (κ1) is 22.5. The van der Waals surface area contributed by atoms with Crippen LogP contribution < -0.4 is 5.32 Å². The van der Waals surface area contributed by atoms with Crippen LogP contribution in [0.4, 0.5) is 0 Å². The Balaban J connectivity index is 2.02. The molecule has 0 bridgehead atoms. The molecule has 3 aromatic rings. The average Bonchev–Trinajstić information content (AvgIpc) is 3.05. The number of halogens is 3. The highest BCUT2D eigenvalue weighted by Crippen LogP contribution is 2.25. The molecule has 0 spiro atoms. The minimum absolute atomic E-state index is 0.00750. The number of amides is 1. The molecule has 2 aromatic heterocycles. The number of carbonyl (C=O) groups is 2. The van der Waals surface area contributed by atoms with Crippen molar-refractivity contribution in [2.75, 3.05) is 0 Å². The number of carbonyl (C=O) groups excluding carboxylic acids is 2. The SMILES string of the molecule is Cc1cc(Cl)cc(C(=O)NC(C)C)c1CC(=O)c1cc(Br)nn1-c1ncccc1Cl. The van der Waals surface area contributed by atoms with E-state index < -0.39 is 0 Å². The Morgan fingerprint density at radius 2 is 1.97 bits per heavy atom. The number of Topliss-reactive ketones (excluding diaryl/α,β-unsaturated/α-hetero) is 1. The van der Waals surface area contributed by atoms with E-state index in [2.05, 4.69) is 31.3 Å². The molecule has 0 aliphatic rings. The molecule has 156 valence electrons. The van der Waals surface area contributed by atoms with Crippen molar-refractivity contribution in [2.24, 2.45) is 0 Å². The molecule has 0 aliphatic carbocycles. The van der Waals surface area contributed by atoms with Gasteiger partial charge in [0.1, 0.15) is 10.3 Å². The van der Waals surface area contributed by atoms with E-state index in [1.165, 1.54) is 4.68 Å². The minimum Gasteiger partial charge on any atom is -0.350 e. The van der Waals surface area contributed by atoms with Crippen molar-refractivity contribution in [1.82, 2.24) is 20.1 Å². The van der Waals surface area contributed by atoms with Crippen molar-refractivity contribution < 1.29 is 9.59 Å². The monoisotopic (exact) mass is 508 g/mol. The lowest BCUT2D eigenvalue weighted by Gasteiger charge is -2.15. The molecule has 0 aliphatic heterocycles. The Hall–Kier alpha value is -2.22. The molecule has 9 heteroatoms. The maximum atomic E-state index is 13.2. The summed E-state index contributed by atoms with van der Waals surface area (Å²) in [6.07, 6.45) is 1.56. The average molecular weight is 510 g/mol. The number of rotatable bonds is 6. The number of aromatic nitrogens is 3. The van der Waals surface area contributed by atoms with Gasteiger partial charge in [-0.2, -0.15) is 5.10 Å². The lowest BCUT2D eigenvalue weighted by atomic mass is 9.95. The summed E-state index contributed by atoms with van der Waals surface area (Å²) in [6, 6.07) is 8.24. The van der Waals surface area contributed by atoms with Gasteiger partial charge in [0.15, 0.2) is 11.6 Å². The summed E-state index contributed by atoms with van der Waals surface area (Å²) in [5.41, 5.74) is 2.04. The van der Waals surface area contributed by atoms with Crippen LogP contribution in [-0.4, -0.2) is 32.5 Å². The standard InChI is InChI=1S/C21H19BrCl2N4O2/c1-11(2)26-21(30)15-8-13(23)7-12(3)14(15)9-18(29)17-10-19(22)27-28(17)20-16(24)5-4-6-25-20/h4-8,10-11H,9H2,1-3H3,(H,26,30). The van der Waals surface area contributed by atoms with Gasteiger partial charge in [-0.1, -0.05) is 23.2 Å². The number of benzene rings is 1. The summed E-state index contributed by atoms with van der Waals surface area (Å²) >= 11 is 15.7. The first-order valence-corrected chi connectivity index (χ1v) is 10.7. The Kier molecular flexibility index (Phi) is 6.95. The van der Waals surface area contributed by atoms with Crippen molar-refractivity contribution in [3.63, 3.8) is 0 Å². The molecule has 3 rings (SSSR count). The third-order valence-electron chi connectivity index (χ3n) is 4.34. The fourth-order valence-corrected chi connectivity index (χ4v) is 3.90. The molecule has 0 unspecified atom stereocenters. The molecular formula is C21H19BrCl2N4O2. The maximum absolute atomic E-state index is 13.2. The van der Waals surface area contributed by atoms with Crippen LogP contribution in [-0.2, 0) is 6.42 Å². The van der Waals surface area contributed by atoms with Gasteiger partial charge in [-0.25, -0.2) is 9.67 Å². The van der Waals surface area contributed by atoms with Crippen molar-refractivity contribution >= 4 is 50.8 Å². The second-order valence-electron chi connectivity index (χ2n) is 7.05. The topological polar surface area (TPSA) is 76.9 Å². The van der Waals surface area contributed by atoms with Crippen LogP contribution in [0.1, 0.15) is 45.8 Å². The van der Waals surface area contributed by atoms with Crippen LogP contribution in [0, 0.1) is 6.92 Å². The van der Waals surface area contributed by atoms with E-state index >= 15 is 0 Å². The molecule has 0 saturated heterocycles. The fourth-order valence-electron chi connectivity index (χ4n) is 3.05. The zero-order valence-electron chi connectivity index (χ0n) is 16.5. The predicted molar refractivity (Wildman–Crippen MR) is 121 cm³/mol. The third-order valence-corrected chi connectivity index (χ3v) is 5.25. The van der Waals surface area contributed by atoms with Gasteiger partial charge >= 0.3 is 0 Å². The normalized spacial score (nSPS) is 11.0. The molecule has 0 radical (unpaired) electrons. The zero-order valence-corrected chi connectivity index (χ0v) is 19.6. The quantitative estimate of drug-likeness (QED) is 0.463. The van der Waals surface area contributed by atoms with E-state index in [1.807, 2.05) is 20.8 Å². The van der Waals surface area contributed by atoms with Gasteiger partial charge in [0.25, 0.3) is 5.91 Å². The van der Waals surface area contributed by atoms with Crippen molar-refractivity contribution in [2.45, 2.75) is 33.2 Å².